The van der Waals surface area contributed by atoms with Crippen LogP contribution in [0, 0.1) is 21.4 Å². The number of nitro groups is 1. The molecule has 1 aliphatic rings. The van der Waals surface area contributed by atoms with E-state index in [0.717, 1.165) is 24.2 Å². The Morgan fingerprint density at radius 3 is 2.54 bits per heavy atom. The van der Waals surface area contributed by atoms with Crippen molar-refractivity contribution in [3.8, 4) is 11.8 Å². The predicted molar refractivity (Wildman–Crippen MR) is 90.0 cm³/mol. The van der Waals surface area contributed by atoms with Crippen LogP contribution < -0.4 is 9.64 Å². The summed E-state index contributed by atoms with van der Waals surface area (Å²) in [5.74, 6) is 0.779. The molecular formula is C18H17N3O3. The molecule has 6 heteroatoms. The van der Waals surface area contributed by atoms with Crippen LogP contribution in [0.2, 0.25) is 0 Å². The average molecular weight is 323 g/mol. The van der Waals surface area contributed by atoms with Gasteiger partial charge in [0.15, 0.2) is 0 Å². The van der Waals surface area contributed by atoms with Crippen molar-refractivity contribution in [2.75, 3.05) is 12.0 Å². The molecule has 24 heavy (non-hydrogen) atoms. The maximum atomic E-state index is 11.4. The molecule has 0 radical (unpaired) electrons. The Bertz CT molecular complexity index is 792. The van der Waals surface area contributed by atoms with Gasteiger partial charge in [0.1, 0.15) is 11.4 Å². The van der Waals surface area contributed by atoms with Crippen molar-refractivity contribution in [1.82, 2.24) is 0 Å². The van der Waals surface area contributed by atoms with Gasteiger partial charge in [0, 0.05) is 18.7 Å². The molecule has 0 N–H and O–H groups in total. The van der Waals surface area contributed by atoms with Crippen molar-refractivity contribution >= 4 is 11.4 Å². The van der Waals surface area contributed by atoms with Crippen molar-refractivity contribution in [2.45, 2.75) is 25.4 Å². The quantitative estimate of drug-likeness (QED) is 0.599. The molecular weight excluding hydrogens is 306 g/mol. The van der Waals surface area contributed by atoms with Crippen LogP contribution in [0.15, 0.2) is 42.5 Å². The number of ether oxygens (including phenoxy) is 1. The second-order valence-corrected chi connectivity index (χ2v) is 5.78. The maximum Gasteiger partial charge on any atom is 0.293 e. The summed E-state index contributed by atoms with van der Waals surface area (Å²) in [5.41, 5.74) is 1.90. The van der Waals surface area contributed by atoms with Crippen molar-refractivity contribution in [3.05, 3.63) is 63.7 Å². The third kappa shape index (κ3) is 3.30. The fourth-order valence-electron chi connectivity index (χ4n) is 2.71. The van der Waals surface area contributed by atoms with E-state index in [2.05, 4.69) is 4.90 Å². The number of anilines is 1. The standard InChI is InChI=1S/C18H17N3O3/c1-24-16-7-2-13(3-8-16)12-20(15-5-6-15)17-9-4-14(11-19)10-18(17)21(22)23/h2-4,7-10,15H,5-6,12H2,1H3. The van der Waals surface area contributed by atoms with E-state index in [1.165, 1.54) is 6.07 Å². The molecule has 3 rings (SSSR count). The highest BCUT2D eigenvalue weighted by molar-refractivity contribution is 5.66. The zero-order valence-electron chi connectivity index (χ0n) is 13.3. The van der Waals surface area contributed by atoms with E-state index in [4.69, 9.17) is 10.00 Å². The van der Waals surface area contributed by atoms with Crippen LogP contribution in [0.1, 0.15) is 24.0 Å². The third-order valence-electron chi connectivity index (χ3n) is 4.11. The largest absolute Gasteiger partial charge is 0.497 e. The van der Waals surface area contributed by atoms with Gasteiger partial charge in [-0.1, -0.05) is 12.1 Å². The van der Waals surface area contributed by atoms with E-state index in [0.29, 0.717) is 23.8 Å². The molecule has 6 nitrogen and oxygen atoms in total. The van der Waals surface area contributed by atoms with E-state index in [9.17, 15) is 10.1 Å². The van der Waals surface area contributed by atoms with Gasteiger partial charge >= 0.3 is 0 Å². The van der Waals surface area contributed by atoms with E-state index < -0.39 is 4.92 Å². The van der Waals surface area contributed by atoms with Crippen molar-refractivity contribution in [2.24, 2.45) is 0 Å². The highest BCUT2D eigenvalue weighted by atomic mass is 16.6. The number of nitrogens with zero attached hydrogens (tertiary/aromatic N) is 3. The molecule has 0 unspecified atom stereocenters. The average Bonchev–Trinajstić information content (AvgIpc) is 3.44. The summed E-state index contributed by atoms with van der Waals surface area (Å²) in [6.45, 7) is 0.585. The van der Waals surface area contributed by atoms with Gasteiger partial charge in [0.05, 0.1) is 23.7 Å². The Balaban J connectivity index is 1.93. The SMILES string of the molecule is COc1ccc(CN(c2ccc(C#N)cc2[N+](=O)[O-])C2CC2)cc1. The first-order chi connectivity index (χ1) is 11.6. The summed E-state index contributed by atoms with van der Waals surface area (Å²) in [6, 6.07) is 14.6. The third-order valence-corrected chi connectivity index (χ3v) is 4.11. The van der Waals surface area contributed by atoms with Gasteiger partial charge < -0.3 is 9.64 Å². The molecule has 2 aromatic carbocycles. The number of hydrogen-bond acceptors (Lipinski definition) is 5. The van der Waals surface area contributed by atoms with Crippen LogP contribution in [0.3, 0.4) is 0 Å². The second-order valence-electron chi connectivity index (χ2n) is 5.78. The number of rotatable bonds is 6. The van der Waals surface area contributed by atoms with Gasteiger partial charge in [-0.05, 0) is 42.7 Å². The molecule has 1 fully saturated rings. The second kappa shape index (κ2) is 6.59. The molecule has 0 spiro atoms. The summed E-state index contributed by atoms with van der Waals surface area (Å²) in [4.78, 5) is 13.1. The molecule has 0 saturated heterocycles. The number of nitriles is 1. The molecule has 0 aliphatic heterocycles. The van der Waals surface area contributed by atoms with Gasteiger partial charge in [-0.3, -0.25) is 10.1 Å². The molecule has 0 aromatic heterocycles. The highest BCUT2D eigenvalue weighted by Crippen LogP contribution is 2.38. The first kappa shape index (κ1) is 15.8. The number of benzene rings is 2. The minimum absolute atomic E-state index is 0.0190. The summed E-state index contributed by atoms with van der Waals surface area (Å²) in [6.07, 6.45) is 2.04. The molecule has 0 amide bonds. The summed E-state index contributed by atoms with van der Waals surface area (Å²) in [5, 5.41) is 20.4. The lowest BCUT2D eigenvalue weighted by Gasteiger charge is -2.24. The lowest BCUT2D eigenvalue weighted by Crippen LogP contribution is -2.25. The molecule has 122 valence electrons. The molecule has 2 aromatic rings. The molecule has 1 aliphatic carbocycles. The topological polar surface area (TPSA) is 79.4 Å². The fraction of sp³-hybridized carbons (Fsp3) is 0.278. The Hall–Kier alpha value is -3.07. The van der Waals surface area contributed by atoms with Gasteiger partial charge in [-0.15, -0.1) is 0 Å². The number of hydrogen-bond donors (Lipinski definition) is 0. The molecule has 0 heterocycles. The summed E-state index contributed by atoms with van der Waals surface area (Å²) >= 11 is 0. The molecule has 0 atom stereocenters. The molecule has 0 bridgehead atoms. The fourth-order valence-corrected chi connectivity index (χ4v) is 2.71. The van der Waals surface area contributed by atoms with E-state index >= 15 is 0 Å². The zero-order chi connectivity index (χ0) is 17.1. The minimum Gasteiger partial charge on any atom is -0.497 e. The normalized spacial score (nSPS) is 13.2. The molecule has 1 saturated carbocycles. The minimum atomic E-state index is -0.417. The smallest absolute Gasteiger partial charge is 0.293 e. The van der Waals surface area contributed by atoms with Gasteiger partial charge in [0.2, 0.25) is 0 Å². The van der Waals surface area contributed by atoms with E-state index in [1.54, 1.807) is 19.2 Å². The van der Waals surface area contributed by atoms with Crippen LogP contribution >= 0.6 is 0 Å². The van der Waals surface area contributed by atoms with E-state index in [1.807, 2.05) is 30.3 Å². The number of nitro benzene ring substituents is 1. The Morgan fingerprint density at radius 2 is 2.00 bits per heavy atom. The van der Waals surface area contributed by atoms with Crippen molar-refractivity contribution in [3.63, 3.8) is 0 Å². The van der Waals surface area contributed by atoms with Crippen LogP contribution in [-0.2, 0) is 6.54 Å². The van der Waals surface area contributed by atoms with Crippen LogP contribution in [0.25, 0.3) is 0 Å². The first-order valence-electron chi connectivity index (χ1n) is 7.70. The van der Waals surface area contributed by atoms with Gasteiger partial charge in [-0.25, -0.2) is 0 Å². The number of methoxy groups -OCH3 is 1. The first-order valence-corrected chi connectivity index (χ1v) is 7.70. The highest BCUT2D eigenvalue weighted by Gasteiger charge is 2.33. The predicted octanol–water partition coefficient (Wildman–Crippen LogP) is 3.64. The van der Waals surface area contributed by atoms with Crippen molar-refractivity contribution < 1.29 is 9.66 Å². The van der Waals surface area contributed by atoms with Gasteiger partial charge in [0.25, 0.3) is 5.69 Å². The van der Waals surface area contributed by atoms with Crippen LogP contribution in [0.5, 0.6) is 5.75 Å². The Morgan fingerprint density at radius 1 is 1.29 bits per heavy atom. The van der Waals surface area contributed by atoms with Crippen LogP contribution in [-0.4, -0.2) is 18.1 Å². The van der Waals surface area contributed by atoms with E-state index in [-0.39, 0.29) is 5.69 Å². The maximum absolute atomic E-state index is 11.4. The summed E-state index contributed by atoms with van der Waals surface area (Å²) in [7, 11) is 1.62. The summed E-state index contributed by atoms with van der Waals surface area (Å²) < 4.78 is 5.16. The van der Waals surface area contributed by atoms with Crippen molar-refractivity contribution in [1.29, 1.82) is 5.26 Å². The lowest BCUT2D eigenvalue weighted by atomic mass is 10.1. The Kier molecular flexibility index (Phi) is 4.34. The zero-order valence-corrected chi connectivity index (χ0v) is 13.3. The van der Waals surface area contributed by atoms with Gasteiger partial charge in [-0.2, -0.15) is 5.26 Å². The lowest BCUT2D eigenvalue weighted by molar-refractivity contribution is -0.384. The monoisotopic (exact) mass is 323 g/mol. The Labute approximate surface area is 140 Å². The van der Waals surface area contributed by atoms with Crippen LogP contribution in [0.4, 0.5) is 11.4 Å².